The third kappa shape index (κ3) is 3.36. The lowest BCUT2D eigenvalue weighted by atomic mass is 10.1. The van der Waals surface area contributed by atoms with Gasteiger partial charge in [0.05, 0.1) is 23.8 Å². The van der Waals surface area contributed by atoms with Gasteiger partial charge in [0, 0.05) is 10.7 Å². The molecule has 0 bridgehead atoms. The summed E-state index contributed by atoms with van der Waals surface area (Å²) in [4.78, 5) is 16.5. The molecule has 0 saturated heterocycles. The number of ether oxygens (including phenoxy) is 1. The molecule has 1 aliphatic heterocycles. The molecule has 1 aromatic heterocycles. The second kappa shape index (κ2) is 7.17. The number of fused-ring (bicyclic) bond motifs is 1. The van der Waals surface area contributed by atoms with Crippen molar-refractivity contribution in [2.45, 2.75) is 5.25 Å². The van der Waals surface area contributed by atoms with Crippen LogP contribution in [0.15, 0.2) is 48.8 Å². The van der Waals surface area contributed by atoms with E-state index in [-0.39, 0.29) is 16.9 Å². The first-order valence-electron chi connectivity index (χ1n) is 8.18. The van der Waals surface area contributed by atoms with Crippen LogP contribution >= 0.6 is 23.4 Å². The fourth-order valence-electron chi connectivity index (χ4n) is 3.05. The lowest BCUT2D eigenvalue weighted by Crippen LogP contribution is -2.12. The Labute approximate surface area is 165 Å². The summed E-state index contributed by atoms with van der Waals surface area (Å²) in [5, 5.41) is 13.2. The lowest BCUT2D eigenvalue weighted by Gasteiger charge is -2.19. The van der Waals surface area contributed by atoms with Crippen LogP contribution in [0.3, 0.4) is 0 Å². The molecular formula is C19H16ClN3O3S. The van der Waals surface area contributed by atoms with Crippen LogP contribution in [0, 0.1) is 0 Å². The normalized spacial score (nSPS) is 16.4. The summed E-state index contributed by atoms with van der Waals surface area (Å²) in [5.41, 5.74) is 2.58. The number of aromatic hydroxyl groups is 1. The zero-order chi connectivity index (χ0) is 19.0. The Balaban J connectivity index is 1.88. The van der Waals surface area contributed by atoms with Crippen molar-refractivity contribution in [3.05, 3.63) is 65.1 Å². The van der Waals surface area contributed by atoms with Gasteiger partial charge in [0.25, 0.3) is 0 Å². The molecular weight excluding hydrogens is 386 g/mol. The number of carbonyl (C=O) groups is 1. The minimum Gasteiger partial charge on any atom is -0.504 e. The number of thioether (sulfide) groups is 1. The predicted octanol–water partition coefficient (Wildman–Crippen LogP) is 4.01. The maximum atomic E-state index is 12.1. The van der Waals surface area contributed by atoms with E-state index in [0.29, 0.717) is 22.3 Å². The third-order valence-corrected chi connectivity index (χ3v) is 5.78. The standard InChI is InChI=1S/C19H16ClN3O3S/c1-26-15-7-11(5-6-14(15)24)18-17-19(22-16(25)9-27-18)21-10-23(17)13-4-2-3-12(20)8-13/h2-8,10,18,24H,9H2,1H3,(H,22,25). The highest BCUT2D eigenvalue weighted by Gasteiger charge is 2.29. The molecule has 2 aromatic carbocycles. The molecule has 0 fully saturated rings. The molecule has 1 atom stereocenters. The number of methoxy groups -OCH3 is 1. The number of amides is 1. The Morgan fingerprint density at radius 2 is 2.19 bits per heavy atom. The molecule has 27 heavy (non-hydrogen) atoms. The number of nitrogens with zero attached hydrogens (tertiary/aromatic N) is 2. The Morgan fingerprint density at radius 3 is 2.96 bits per heavy atom. The minimum absolute atomic E-state index is 0.0673. The van der Waals surface area contributed by atoms with Gasteiger partial charge in [0.1, 0.15) is 6.33 Å². The SMILES string of the molecule is COc1cc(C2SCC(=O)Nc3ncn(-c4cccc(Cl)c4)c32)ccc1O. The van der Waals surface area contributed by atoms with Crippen LogP contribution in [-0.4, -0.2) is 33.4 Å². The van der Waals surface area contributed by atoms with Gasteiger partial charge in [-0.2, -0.15) is 0 Å². The van der Waals surface area contributed by atoms with Crippen LogP contribution in [-0.2, 0) is 4.79 Å². The molecule has 6 nitrogen and oxygen atoms in total. The van der Waals surface area contributed by atoms with Crippen molar-refractivity contribution < 1.29 is 14.6 Å². The Morgan fingerprint density at radius 1 is 1.33 bits per heavy atom. The number of benzene rings is 2. The zero-order valence-corrected chi connectivity index (χ0v) is 15.9. The molecule has 8 heteroatoms. The van der Waals surface area contributed by atoms with E-state index in [1.807, 2.05) is 28.8 Å². The number of hydrogen-bond donors (Lipinski definition) is 2. The van der Waals surface area contributed by atoms with E-state index in [1.54, 1.807) is 24.5 Å². The quantitative estimate of drug-likeness (QED) is 0.693. The molecule has 0 spiro atoms. The first-order valence-corrected chi connectivity index (χ1v) is 9.61. The van der Waals surface area contributed by atoms with Crippen LogP contribution in [0.5, 0.6) is 11.5 Å². The van der Waals surface area contributed by atoms with Crippen LogP contribution < -0.4 is 10.1 Å². The third-order valence-electron chi connectivity index (χ3n) is 4.28. The van der Waals surface area contributed by atoms with E-state index >= 15 is 0 Å². The van der Waals surface area contributed by atoms with Crippen molar-refractivity contribution in [2.24, 2.45) is 0 Å². The summed E-state index contributed by atoms with van der Waals surface area (Å²) < 4.78 is 7.17. The van der Waals surface area contributed by atoms with E-state index in [1.165, 1.54) is 18.9 Å². The Kier molecular flexibility index (Phi) is 4.72. The monoisotopic (exact) mass is 401 g/mol. The molecule has 3 aromatic rings. The number of phenolic OH excluding ortho intramolecular Hbond substituents is 1. The number of carbonyl (C=O) groups excluding carboxylic acids is 1. The van der Waals surface area contributed by atoms with Gasteiger partial charge in [-0.3, -0.25) is 9.36 Å². The van der Waals surface area contributed by atoms with Gasteiger partial charge in [-0.25, -0.2) is 4.98 Å². The van der Waals surface area contributed by atoms with Crippen molar-refractivity contribution in [2.75, 3.05) is 18.2 Å². The minimum atomic E-state index is -0.185. The molecule has 0 radical (unpaired) electrons. The number of phenols is 1. The van der Waals surface area contributed by atoms with Crippen molar-refractivity contribution in [1.82, 2.24) is 9.55 Å². The topological polar surface area (TPSA) is 76.4 Å². The molecule has 138 valence electrons. The number of imidazole rings is 1. The van der Waals surface area contributed by atoms with Crippen LogP contribution in [0.1, 0.15) is 16.5 Å². The number of aromatic nitrogens is 2. The highest BCUT2D eigenvalue weighted by atomic mass is 35.5. The lowest BCUT2D eigenvalue weighted by molar-refractivity contribution is -0.113. The molecule has 1 unspecified atom stereocenters. The fraction of sp³-hybridized carbons (Fsp3) is 0.158. The highest BCUT2D eigenvalue weighted by molar-refractivity contribution is 8.00. The smallest absolute Gasteiger partial charge is 0.235 e. The van der Waals surface area contributed by atoms with E-state index in [2.05, 4.69) is 10.3 Å². The maximum absolute atomic E-state index is 12.1. The summed E-state index contributed by atoms with van der Waals surface area (Å²) in [7, 11) is 1.51. The molecule has 0 saturated carbocycles. The average Bonchev–Trinajstić information content (AvgIpc) is 2.98. The first-order chi connectivity index (χ1) is 13.1. The van der Waals surface area contributed by atoms with Gasteiger partial charge in [-0.1, -0.05) is 23.7 Å². The van der Waals surface area contributed by atoms with Crippen molar-refractivity contribution in [3.63, 3.8) is 0 Å². The number of halogens is 1. The average molecular weight is 402 g/mol. The van der Waals surface area contributed by atoms with Crippen LogP contribution in [0.25, 0.3) is 5.69 Å². The number of anilines is 1. The van der Waals surface area contributed by atoms with Crippen LogP contribution in [0.2, 0.25) is 5.02 Å². The Bertz CT molecular complexity index is 1020. The fourth-order valence-corrected chi connectivity index (χ4v) is 4.35. The summed E-state index contributed by atoms with van der Waals surface area (Å²) in [6.45, 7) is 0. The molecule has 4 rings (SSSR count). The van der Waals surface area contributed by atoms with Gasteiger partial charge in [0.2, 0.25) is 5.91 Å². The Hall–Kier alpha value is -2.64. The molecule has 0 aliphatic carbocycles. The van der Waals surface area contributed by atoms with Crippen LogP contribution in [0.4, 0.5) is 5.82 Å². The van der Waals surface area contributed by atoms with Gasteiger partial charge < -0.3 is 15.2 Å². The van der Waals surface area contributed by atoms with E-state index < -0.39 is 0 Å². The first kappa shape index (κ1) is 17.8. The van der Waals surface area contributed by atoms with Gasteiger partial charge in [-0.05, 0) is 35.9 Å². The number of rotatable bonds is 3. The van der Waals surface area contributed by atoms with Gasteiger partial charge in [0.15, 0.2) is 17.3 Å². The highest BCUT2D eigenvalue weighted by Crippen LogP contribution is 2.44. The molecule has 2 N–H and O–H groups in total. The predicted molar refractivity (Wildman–Crippen MR) is 106 cm³/mol. The maximum Gasteiger partial charge on any atom is 0.235 e. The number of hydrogen-bond acceptors (Lipinski definition) is 5. The molecule has 1 aliphatic rings. The number of nitrogens with one attached hydrogen (secondary N) is 1. The second-order valence-corrected chi connectivity index (χ2v) is 7.53. The van der Waals surface area contributed by atoms with Gasteiger partial charge in [-0.15, -0.1) is 11.8 Å². The largest absolute Gasteiger partial charge is 0.504 e. The second-order valence-electron chi connectivity index (χ2n) is 6.00. The molecule has 1 amide bonds. The summed E-state index contributed by atoms with van der Waals surface area (Å²) in [5.74, 6) is 1.15. The van der Waals surface area contributed by atoms with Gasteiger partial charge >= 0.3 is 0 Å². The van der Waals surface area contributed by atoms with Crippen molar-refractivity contribution in [1.29, 1.82) is 0 Å². The van der Waals surface area contributed by atoms with Crippen molar-refractivity contribution in [3.8, 4) is 17.2 Å². The summed E-state index contributed by atoms with van der Waals surface area (Å²) in [6.07, 6.45) is 1.67. The summed E-state index contributed by atoms with van der Waals surface area (Å²) >= 11 is 7.65. The zero-order valence-electron chi connectivity index (χ0n) is 14.3. The van der Waals surface area contributed by atoms with Crippen molar-refractivity contribution >= 4 is 35.1 Å². The molecule has 2 heterocycles. The summed E-state index contributed by atoms with van der Waals surface area (Å²) in [6, 6.07) is 12.6. The van der Waals surface area contributed by atoms with E-state index in [4.69, 9.17) is 16.3 Å². The van der Waals surface area contributed by atoms with E-state index in [0.717, 1.165) is 16.9 Å². The van der Waals surface area contributed by atoms with E-state index in [9.17, 15) is 9.90 Å².